The van der Waals surface area contributed by atoms with E-state index in [1.54, 1.807) is 0 Å². The van der Waals surface area contributed by atoms with Gasteiger partial charge in [0.25, 0.3) is 5.56 Å². The molecule has 1 aliphatic rings. The van der Waals surface area contributed by atoms with Crippen LogP contribution in [-0.2, 0) is 24.1 Å². The van der Waals surface area contributed by atoms with E-state index in [-0.39, 0.29) is 10.9 Å². The molecule has 2 rings (SSSR count). The molecule has 0 bridgehead atoms. The molecule has 1 aromatic heterocycles. The standard InChI is InChI=1S/C14H24N4O4S/c1-4-9-18(11-5-7-15-8-6-11)23(21,22)12-10-16(2)14(20)17(3)13(12)19/h10-11,15H,4-9H2,1-3H3. The Labute approximate surface area is 135 Å². The van der Waals surface area contributed by atoms with Crippen LogP contribution in [0.25, 0.3) is 0 Å². The highest BCUT2D eigenvalue weighted by atomic mass is 32.2. The third-order valence-corrected chi connectivity index (χ3v) is 6.10. The number of aryl methyl sites for hydroxylation is 1. The van der Waals surface area contributed by atoms with Gasteiger partial charge < -0.3 is 9.88 Å². The van der Waals surface area contributed by atoms with Gasteiger partial charge in [0.15, 0.2) is 4.90 Å². The first-order chi connectivity index (χ1) is 10.8. The summed E-state index contributed by atoms with van der Waals surface area (Å²) in [6.07, 6.45) is 3.22. The number of nitrogens with one attached hydrogen (secondary N) is 1. The molecule has 0 radical (unpaired) electrons. The first-order valence-corrected chi connectivity index (χ1v) is 9.24. The normalized spacial score (nSPS) is 16.9. The van der Waals surface area contributed by atoms with Gasteiger partial charge in [0.1, 0.15) is 0 Å². The average Bonchev–Trinajstić information content (AvgIpc) is 2.54. The Bertz CT molecular complexity index is 775. The lowest BCUT2D eigenvalue weighted by Gasteiger charge is -2.33. The first-order valence-electron chi connectivity index (χ1n) is 7.80. The zero-order valence-corrected chi connectivity index (χ0v) is 14.6. The van der Waals surface area contributed by atoms with Gasteiger partial charge in [-0.2, -0.15) is 4.31 Å². The van der Waals surface area contributed by atoms with E-state index in [1.165, 1.54) is 18.4 Å². The van der Waals surface area contributed by atoms with E-state index in [2.05, 4.69) is 5.32 Å². The van der Waals surface area contributed by atoms with E-state index in [0.29, 0.717) is 25.8 Å². The van der Waals surface area contributed by atoms with Gasteiger partial charge >= 0.3 is 5.69 Å². The van der Waals surface area contributed by atoms with Crippen molar-refractivity contribution in [2.75, 3.05) is 19.6 Å². The number of piperidine rings is 1. The summed E-state index contributed by atoms with van der Waals surface area (Å²) < 4.78 is 29.5. The van der Waals surface area contributed by atoms with Gasteiger partial charge in [0, 0.05) is 32.9 Å². The van der Waals surface area contributed by atoms with Gasteiger partial charge in [-0.3, -0.25) is 9.36 Å². The van der Waals surface area contributed by atoms with Crippen molar-refractivity contribution in [3.63, 3.8) is 0 Å². The molecule has 1 aliphatic heterocycles. The van der Waals surface area contributed by atoms with Crippen LogP contribution in [0.15, 0.2) is 20.7 Å². The first kappa shape index (κ1) is 17.9. The molecule has 23 heavy (non-hydrogen) atoms. The molecule has 1 N–H and O–H groups in total. The summed E-state index contributed by atoms with van der Waals surface area (Å²) in [6.45, 7) is 3.78. The molecule has 9 heteroatoms. The van der Waals surface area contributed by atoms with Crippen LogP contribution in [0.3, 0.4) is 0 Å². The Hall–Kier alpha value is -1.45. The Morgan fingerprint density at radius 1 is 1.26 bits per heavy atom. The Morgan fingerprint density at radius 3 is 2.43 bits per heavy atom. The molecule has 130 valence electrons. The number of hydrogen-bond donors (Lipinski definition) is 1. The third kappa shape index (κ3) is 3.41. The minimum absolute atomic E-state index is 0.122. The number of nitrogens with zero attached hydrogens (tertiary/aromatic N) is 3. The maximum atomic E-state index is 13.0. The molecule has 0 atom stereocenters. The molecular weight excluding hydrogens is 320 g/mol. The third-order valence-electron chi connectivity index (χ3n) is 4.16. The quantitative estimate of drug-likeness (QED) is 0.758. The second-order valence-electron chi connectivity index (χ2n) is 5.85. The van der Waals surface area contributed by atoms with Crippen molar-refractivity contribution in [1.29, 1.82) is 0 Å². The van der Waals surface area contributed by atoms with Crippen molar-refractivity contribution >= 4 is 10.0 Å². The lowest BCUT2D eigenvalue weighted by Crippen LogP contribution is -2.49. The molecule has 0 unspecified atom stereocenters. The Kier molecular flexibility index (Phi) is 5.43. The minimum Gasteiger partial charge on any atom is -0.317 e. The van der Waals surface area contributed by atoms with E-state index in [0.717, 1.165) is 28.4 Å². The van der Waals surface area contributed by atoms with Crippen molar-refractivity contribution in [3.8, 4) is 0 Å². The van der Waals surface area contributed by atoms with Crippen molar-refractivity contribution in [2.24, 2.45) is 14.1 Å². The molecule has 0 aliphatic carbocycles. The second-order valence-corrected chi connectivity index (χ2v) is 7.71. The highest BCUT2D eigenvalue weighted by Crippen LogP contribution is 2.20. The predicted molar refractivity (Wildman–Crippen MR) is 87.0 cm³/mol. The van der Waals surface area contributed by atoms with Gasteiger partial charge in [-0.15, -0.1) is 0 Å². The number of hydrogen-bond acceptors (Lipinski definition) is 5. The summed E-state index contributed by atoms with van der Waals surface area (Å²) in [6, 6.07) is -0.122. The van der Waals surface area contributed by atoms with Gasteiger partial charge in [-0.1, -0.05) is 6.92 Å². The monoisotopic (exact) mass is 344 g/mol. The van der Waals surface area contributed by atoms with Crippen LogP contribution in [-0.4, -0.2) is 47.5 Å². The molecule has 0 amide bonds. The topological polar surface area (TPSA) is 93.4 Å². The maximum Gasteiger partial charge on any atom is 0.330 e. The summed E-state index contributed by atoms with van der Waals surface area (Å²) in [5.74, 6) is 0. The lowest BCUT2D eigenvalue weighted by atomic mass is 10.1. The molecule has 0 spiro atoms. The fourth-order valence-corrected chi connectivity index (χ4v) is 4.82. The minimum atomic E-state index is -3.94. The van der Waals surface area contributed by atoms with Crippen LogP contribution in [0, 0.1) is 0 Å². The zero-order chi connectivity index (χ0) is 17.2. The van der Waals surface area contributed by atoms with Crippen LogP contribution in [0.4, 0.5) is 0 Å². The van der Waals surface area contributed by atoms with Gasteiger partial charge in [0.2, 0.25) is 10.0 Å². The molecule has 1 saturated heterocycles. The van der Waals surface area contributed by atoms with E-state index < -0.39 is 21.3 Å². The SMILES string of the molecule is CCCN(C1CCNCC1)S(=O)(=O)c1cn(C)c(=O)n(C)c1=O. The number of rotatable bonds is 5. The summed E-state index contributed by atoms with van der Waals surface area (Å²) in [5, 5.41) is 3.21. The predicted octanol–water partition coefficient (Wildman–Crippen LogP) is -0.763. The number of aromatic nitrogens is 2. The summed E-state index contributed by atoms with van der Waals surface area (Å²) in [7, 11) is -1.21. The molecule has 0 saturated carbocycles. The Morgan fingerprint density at radius 2 is 1.87 bits per heavy atom. The van der Waals surface area contributed by atoms with E-state index in [9.17, 15) is 18.0 Å². The highest BCUT2D eigenvalue weighted by Gasteiger charge is 2.34. The molecular formula is C14H24N4O4S. The molecule has 0 aromatic carbocycles. The fraction of sp³-hybridized carbons (Fsp3) is 0.714. The average molecular weight is 344 g/mol. The highest BCUT2D eigenvalue weighted by molar-refractivity contribution is 7.89. The summed E-state index contributed by atoms with van der Waals surface area (Å²) >= 11 is 0. The van der Waals surface area contributed by atoms with Crippen molar-refractivity contribution in [1.82, 2.24) is 18.8 Å². The Balaban J connectivity index is 2.54. The van der Waals surface area contributed by atoms with Crippen LogP contribution < -0.4 is 16.6 Å². The van der Waals surface area contributed by atoms with E-state index in [4.69, 9.17) is 0 Å². The van der Waals surface area contributed by atoms with Gasteiger partial charge in [-0.05, 0) is 32.4 Å². The van der Waals surface area contributed by atoms with Gasteiger partial charge in [-0.25, -0.2) is 13.2 Å². The lowest BCUT2D eigenvalue weighted by molar-refractivity contribution is 0.262. The van der Waals surface area contributed by atoms with E-state index in [1.807, 2.05) is 6.92 Å². The van der Waals surface area contributed by atoms with Crippen LogP contribution in [0.1, 0.15) is 26.2 Å². The fourth-order valence-electron chi connectivity index (χ4n) is 2.89. The number of sulfonamides is 1. The molecule has 1 aromatic rings. The van der Waals surface area contributed by atoms with Crippen molar-refractivity contribution in [3.05, 3.63) is 27.0 Å². The van der Waals surface area contributed by atoms with Crippen LogP contribution >= 0.6 is 0 Å². The summed E-state index contributed by atoms with van der Waals surface area (Å²) in [4.78, 5) is 23.7. The van der Waals surface area contributed by atoms with Crippen molar-refractivity contribution < 1.29 is 8.42 Å². The summed E-state index contributed by atoms with van der Waals surface area (Å²) in [5.41, 5.74) is -1.32. The van der Waals surface area contributed by atoms with Crippen LogP contribution in [0.2, 0.25) is 0 Å². The maximum absolute atomic E-state index is 13.0. The second kappa shape index (κ2) is 6.98. The van der Waals surface area contributed by atoms with Crippen LogP contribution in [0.5, 0.6) is 0 Å². The zero-order valence-electron chi connectivity index (χ0n) is 13.8. The smallest absolute Gasteiger partial charge is 0.317 e. The van der Waals surface area contributed by atoms with Crippen molar-refractivity contribution in [2.45, 2.75) is 37.1 Å². The molecule has 1 fully saturated rings. The van der Waals surface area contributed by atoms with Gasteiger partial charge in [0.05, 0.1) is 0 Å². The van der Waals surface area contributed by atoms with E-state index >= 15 is 0 Å². The molecule has 2 heterocycles. The largest absolute Gasteiger partial charge is 0.330 e. The molecule has 8 nitrogen and oxygen atoms in total.